The quantitative estimate of drug-likeness (QED) is 0.846. The van der Waals surface area contributed by atoms with E-state index in [1.165, 1.54) is 6.26 Å². The first kappa shape index (κ1) is 14.1. The van der Waals surface area contributed by atoms with E-state index in [4.69, 9.17) is 4.42 Å². The van der Waals surface area contributed by atoms with Crippen molar-refractivity contribution in [1.29, 1.82) is 0 Å². The van der Waals surface area contributed by atoms with E-state index >= 15 is 0 Å². The Balaban J connectivity index is 2.08. The van der Waals surface area contributed by atoms with E-state index < -0.39 is 0 Å². The molecule has 1 N–H and O–H groups in total. The fraction of sp³-hybridized carbons (Fsp3) is 0.400. The van der Waals surface area contributed by atoms with Crippen LogP contribution in [0.3, 0.4) is 0 Å². The molecule has 0 aliphatic heterocycles. The Bertz CT molecular complexity index is 574. The monoisotopic (exact) mass is 323 g/mol. The zero-order valence-electron chi connectivity index (χ0n) is 11.2. The second-order valence-corrected chi connectivity index (χ2v) is 6.22. The van der Waals surface area contributed by atoms with Crippen LogP contribution >= 0.6 is 15.9 Å². The van der Waals surface area contributed by atoms with Gasteiger partial charge in [0.05, 0.1) is 5.56 Å². The van der Waals surface area contributed by atoms with Crippen LogP contribution in [-0.4, -0.2) is 17.8 Å². The van der Waals surface area contributed by atoms with Gasteiger partial charge in [0.2, 0.25) is 0 Å². The first-order valence-electron chi connectivity index (χ1n) is 6.34. The van der Waals surface area contributed by atoms with Gasteiger partial charge in [-0.05, 0) is 17.9 Å². The SMILES string of the molecule is CC(C)(CCBr)CNC(=O)c1coc2ccccc12. The van der Waals surface area contributed by atoms with Crippen LogP contribution < -0.4 is 5.32 Å². The summed E-state index contributed by atoms with van der Waals surface area (Å²) in [7, 11) is 0. The van der Waals surface area contributed by atoms with E-state index in [2.05, 4.69) is 35.1 Å². The maximum atomic E-state index is 12.2. The van der Waals surface area contributed by atoms with Gasteiger partial charge in [0.1, 0.15) is 11.8 Å². The molecule has 3 nitrogen and oxygen atoms in total. The highest BCUT2D eigenvalue weighted by atomic mass is 79.9. The Kier molecular flexibility index (Phi) is 4.30. The van der Waals surface area contributed by atoms with Crippen LogP contribution in [-0.2, 0) is 0 Å². The third-order valence-corrected chi connectivity index (χ3v) is 3.62. The standard InChI is InChI=1S/C15H18BrNO2/c1-15(2,7-8-16)10-17-14(18)12-9-19-13-6-4-3-5-11(12)13/h3-6,9H,7-8,10H2,1-2H3,(H,17,18). The van der Waals surface area contributed by atoms with Crippen molar-refractivity contribution in [3.63, 3.8) is 0 Å². The molecule has 1 heterocycles. The molecule has 0 spiro atoms. The molecule has 0 fully saturated rings. The molecule has 19 heavy (non-hydrogen) atoms. The molecule has 4 heteroatoms. The van der Waals surface area contributed by atoms with E-state index in [-0.39, 0.29) is 11.3 Å². The zero-order chi connectivity index (χ0) is 13.9. The van der Waals surface area contributed by atoms with Gasteiger partial charge in [0.15, 0.2) is 0 Å². The number of para-hydroxylation sites is 1. The second kappa shape index (κ2) is 5.78. The first-order valence-corrected chi connectivity index (χ1v) is 7.46. The largest absolute Gasteiger partial charge is 0.463 e. The summed E-state index contributed by atoms with van der Waals surface area (Å²) in [5.74, 6) is -0.0763. The highest BCUT2D eigenvalue weighted by Gasteiger charge is 2.20. The minimum Gasteiger partial charge on any atom is -0.463 e. The number of hydrogen-bond donors (Lipinski definition) is 1. The highest BCUT2D eigenvalue weighted by molar-refractivity contribution is 9.09. The molecule has 0 radical (unpaired) electrons. The van der Waals surface area contributed by atoms with Gasteiger partial charge >= 0.3 is 0 Å². The summed E-state index contributed by atoms with van der Waals surface area (Å²) >= 11 is 3.44. The molecule has 0 saturated heterocycles. The topological polar surface area (TPSA) is 42.2 Å². The van der Waals surface area contributed by atoms with E-state index in [0.717, 1.165) is 22.7 Å². The molecule has 0 bridgehead atoms. The summed E-state index contributed by atoms with van der Waals surface area (Å²) in [4.78, 5) is 12.2. The van der Waals surface area contributed by atoms with Crippen LogP contribution in [0.5, 0.6) is 0 Å². The Morgan fingerprint density at radius 1 is 1.37 bits per heavy atom. The number of alkyl halides is 1. The summed E-state index contributed by atoms with van der Waals surface area (Å²) in [6.07, 6.45) is 2.54. The summed E-state index contributed by atoms with van der Waals surface area (Å²) in [6.45, 7) is 4.93. The van der Waals surface area contributed by atoms with E-state index in [9.17, 15) is 4.79 Å². The maximum Gasteiger partial charge on any atom is 0.255 e. The molecule has 102 valence electrons. The molecule has 0 atom stereocenters. The minimum atomic E-state index is -0.0763. The van der Waals surface area contributed by atoms with Crippen molar-refractivity contribution in [3.05, 3.63) is 36.1 Å². The van der Waals surface area contributed by atoms with E-state index in [1.54, 1.807) is 0 Å². The zero-order valence-corrected chi connectivity index (χ0v) is 12.8. The number of carbonyl (C=O) groups is 1. The van der Waals surface area contributed by atoms with Gasteiger partial charge in [-0.15, -0.1) is 0 Å². The molecule has 2 rings (SSSR count). The lowest BCUT2D eigenvalue weighted by Crippen LogP contribution is -2.34. The second-order valence-electron chi connectivity index (χ2n) is 5.43. The number of nitrogens with one attached hydrogen (secondary N) is 1. The van der Waals surface area contributed by atoms with Crippen molar-refractivity contribution in [1.82, 2.24) is 5.32 Å². The van der Waals surface area contributed by atoms with Gasteiger partial charge in [-0.25, -0.2) is 0 Å². The first-order chi connectivity index (χ1) is 9.03. The summed E-state index contributed by atoms with van der Waals surface area (Å²) < 4.78 is 5.38. The van der Waals surface area contributed by atoms with Crippen molar-refractivity contribution >= 4 is 32.8 Å². The van der Waals surface area contributed by atoms with Crippen molar-refractivity contribution in [2.45, 2.75) is 20.3 Å². The van der Waals surface area contributed by atoms with Crippen molar-refractivity contribution in [3.8, 4) is 0 Å². The predicted octanol–water partition coefficient (Wildman–Crippen LogP) is 3.97. The van der Waals surface area contributed by atoms with Crippen LogP contribution in [0.2, 0.25) is 0 Å². The van der Waals surface area contributed by atoms with Crippen LogP contribution in [0, 0.1) is 5.41 Å². The van der Waals surface area contributed by atoms with Gasteiger partial charge in [-0.1, -0.05) is 48.0 Å². The lowest BCUT2D eigenvalue weighted by molar-refractivity contribution is 0.0937. The number of carbonyl (C=O) groups excluding carboxylic acids is 1. The Hall–Kier alpha value is -1.29. The smallest absolute Gasteiger partial charge is 0.255 e. The average Bonchev–Trinajstić information content (AvgIpc) is 2.80. The number of furan rings is 1. The number of amides is 1. The fourth-order valence-electron chi connectivity index (χ4n) is 1.91. The number of rotatable bonds is 5. The maximum absolute atomic E-state index is 12.2. The lowest BCUT2D eigenvalue weighted by atomic mass is 9.90. The molecule has 1 aromatic carbocycles. The normalized spacial score (nSPS) is 11.7. The molecule has 0 aliphatic rings. The molecule has 0 aliphatic carbocycles. The number of fused-ring (bicyclic) bond motifs is 1. The molecular weight excluding hydrogens is 306 g/mol. The van der Waals surface area contributed by atoms with Crippen LogP contribution in [0.1, 0.15) is 30.6 Å². The third kappa shape index (κ3) is 3.38. The number of halogens is 1. The fourth-order valence-corrected chi connectivity index (χ4v) is 2.99. The Labute approximate surface area is 121 Å². The summed E-state index contributed by atoms with van der Waals surface area (Å²) in [6, 6.07) is 7.56. The molecular formula is C15H18BrNO2. The van der Waals surface area contributed by atoms with Gasteiger partial charge < -0.3 is 9.73 Å². The third-order valence-electron chi connectivity index (χ3n) is 3.22. The van der Waals surface area contributed by atoms with E-state index in [0.29, 0.717) is 12.1 Å². The van der Waals surface area contributed by atoms with Crippen LogP contribution in [0.4, 0.5) is 0 Å². The van der Waals surface area contributed by atoms with Crippen LogP contribution in [0.25, 0.3) is 11.0 Å². The molecule has 1 amide bonds. The van der Waals surface area contributed by atoms with Crippen LogP contribution in [0.15, 0.2) is 34.9 Å². The van der Waals surface area contributed by atoms with Gasteiger partial charge in [0.25, 0.3) is 5.91 Å². The Morgan fingerprint density at radius 3 is 2.84 bits per heavy atom. The lowest BCUT2D eigenvalue weighted by Gasteiger charge is -2.23. The average molecular weight is 324 g/mol. The molecule has 2 aromatic rings. The summed E-state index contributed by atoms with van der Waals surface area (Å²) in [5.41, 5.74) is 1.43. The van der Waals surface area contributed by atoms with Gasteiger partial charge in [-0.3, -0.25) is 4.79 Å². The highest BCUT2D eigenvalue weighted by Crippen LogP contribution is 2.22. The van der Waals surface area contributed by atoms with Gasteiger partial charge in [-0.2, -0.15) is 0 Å². The Morgan fingerprint density at radius 2 is 2.11 bits per heavy atom. The predicted molar refractivity (Wildman–Crippen MR) is 80.7 cm³/mol. The molecule has 0 unspecified atom stereocenters. The van der Waals surface area contributed by atoms with Gasteiger partial charge in [0, 0.05) is 17.3 Å². The molecule has 1 aromatic heterocycles. The number of benzene rings is 1. The summed E-state index contributed by atoms with van der Waals surface area (Å²) in [5, 5.41) is 4.78. The van der Waals surface area contributed by atoms with Crippen molar-refractivity contribution in [2.24, 2.45) is 5.41 Å². The van der Waals surface area contributed by atoms with Crippen molar-refractivity contribution < 1.29 is 9.21 Å². The minimum absolute atomic E-state index is 0.0763. The molecule has 0 saturated carbocycles. The van der Waals surface area contributed by atoms with E-state index in [1.807, 2.05) is 24.3 Å². The van der Waals surface area contributed by atoms with Crippen molar-refractivity contribution in [2.75, 3.05) is 11.9 Å². The number of hydrogen-bond acceptors (Lipinski definition) is 2.